The Bertz CT molecular complexity index is 708. The molecule has 0 radical (unpaired) electrons. The van der Waals surface area contributed by atoms with Gasteiger partial charge in [0.25, 0.3) is 0 Å². The van der Waals surface area contributed by atoms with Crippen LogP contribution in [-0.2, 0) is 6.61 Å². The van der Waals surface area contributed by atoms with Gasteiger partial charge in [-0.1, -0.05) is 29.8 Å². The van der Waals surface area contributed by atoms with Gasteiger partial charge in [-0.25, -0.2) is 4.98 Å². The van der Waals surface area contributed by atoms with Crippen LogP contribution in [0.1, 0.15) is 5.56 Å². The summed E-state index contributed by atoms with van der Waals surface area (Å²) in [6, 6.07) is 13.5. The number of aliphatic hydroxyl groups is 1. The predicted octanol–water partition coefficient (Wildman–Crippen LogP) is 4.11. The zero-order valence-corrected chi connectivity index (χ0v) is 11.0. The van der Waals surface area contributed by atoms with Crippen LogP contribution in [0.3, 0.4) is 0 Å². The second-order valence-electron chi connectivity index (χ2n) is 3.99. The summed E-state index contributed by atoms with van der Waals surface area (Å²) in [7, 11) is 0. The van der Waals surface area contributed by atoms with Gasteiger partial charge in [0.1, 0.15) is 5.01 Å². The van der Waals surface area contributed by atoms with Crippen LogP contribution in [0.5, 0.6) is 0 Å². The summed E-state index contributed by atoms with van der Waals surface area (Å²) >= 11 is 7.59. The van der Waals surface area contributed by atoms with E-state index in [-0.39, 0.29) is 6.61 Å². The second-order valence-corrected chi connectivity index (χ2v) is 5.46. The van der Waals surface area contributed by atoms with Crippen molar-refractivity contribution in [3.8, 4) is 10.6 Å². The third-order valence-electron chi connectivity index (χ3n) is 2.71. The maximum Gasteiger partial charge on any atom is 0.124 e. The van der Waals surface area contributed by atoms with Crippen molar-refractivity contribution in [2.45, 2.75) is 6.61 Å². The Balaban J connectivity index is 2.13. The molecule has 0 aliphatic rings. The van der Waals surface area contributed by atoms with Crippen molar-refractivity contribution in [2.75, 3.05) is 0 Å². The van der Waals surface area contributed by atoms with Gasteiger partial charge in [0.2, 0.25) is 0 Å². The number of fused-ring (bicyclic) bond motifs is 1. The highest BCUT2D eigenvalue weighted by Gasteiger charge is 2.07. The van der Waals surface area contributed by atoms with Crippen LogP contribution in [0.2, 0.25) is 5.02 Å². The topological polar surface area (TPSA) is 33.1 Å². The van der Waals surface area contributed by atoms with E-state index < -0.39 is 0 Å². The summed E-state index contributed by atoms with van der Waals surface area (Å²) in [4.78, 5) is 4.58. The SMILES string of the molecule is OCc1ccc2nc(-c3cccc(Cl)c3)sc2c1. The highest BCUT2D eigenvalue weighted by Crippen LogP contribution is 2.31. The number of aliphatic hydroxyl groups excluding tert-OH is 1. The number of nitrogens with zero attached hydrogens (tertiary/aromatic N) is 1. The summed E-state index contributed by atoms with van der Waals surface area (Å²) in [5.74, 6) is 0. The molecule has 3 aromatic rings. The van der Waals surface area contributed by atoms with Crippen LogP contribution in [0, 0.1) is 0 Å². The largest absolute Gasteiger partial charge is 0.392 e. The minimum Gasteiger partial charge on any atom is -0.392 e. The van der Waals surface area contributed by atoms with Gasteiger partial charge in [0.15, 0.2) is 0 Å². The first-order valence-electron chi connectivity index (χ1n) is 5.52. The van der Waals surface area contributed by atoms with Crippen LogP contribution in [0.25, 0.3) is 20.8 Å². The minimum atomic E-state index is 0.0559. The molecule has 0 atom stereocenters. The fraction of sp³-hybridized carbons (Fsp3) is 0.0714. The van der Waals surface area contributed by atoms with E-state index in [2.05, 4.69) is 4.98 Å². The number of rotatable bonds is 2. The first-order chi connectivity index (χ1) is 8.76. The van der Waals surface area contributed by atoms with Crippen molar-refractivity contribution in [3.63, 3.8) is 0 Å². The van der Waals surface area contributed by atoms with Gasteiger partial charge in [-0.15, -0.1) is 11.3 Å². The van der Waals surface area contributed by atoms with Gasteiger partial charge in [0, 0.05) is 10.6 Å². The molecule has 18 heavy (non-hydrogen) atoms. The molecule has 0 bridgehead atoms. The number of aromatic nitrogens is 1. The van der Waals surface area contributed by atoms with Crippen molar-refractivity contribution in [1.29, 1.82) is 0 Å². The number of thiazole rings is 1. The first kappa shape index (κ1) is 11.7. The summed E-state index contributed by atoms with van der Waals surface area (Å²) in [6.07, 6.45) is 0. The molecule has 0 aliphatic heterocycles. The Morgan fingerprint density at radius 3 is 2.83 bits per heavy atom. The van der Waals surface area contributed by atoms with Gasteiger partial charge < -0.3 is 5.11 Å². The summed E-state index contributed by atoms with van der Waals surface area (Å²) < 4.78 is 1.08. The Hall–Kier alpha value is -1.42. The van der Waals surface area contributed by atoms with Crippen molar-refractivity contribution >= 4 is 33.2 Å². The van der Waals surface area contributed by atoms with Crippen molar-refractivity contribution < 1.29 is 5.11 Å². The second kappa shape index (κ2) is 4.69. The molecule has 0 saturated heterocycles. The van der Waals surface area contributed by atoms with Gasteiger partial charge in [-0.05, 0) is 29.8 Å². The Labute approximate surface area is 113 Å². The molecule has 0 amide bonds. The lowest BCUT2D eigenvalue weighted by molar-refractivity contribution is 0.282. The van der Waals surface area contributed by atoms with Gasteiger partial charge in [-0.3, -0.25) is 0 Å². The van der Waals surface area contributed by atoms with E-state index in [1.54, 1.807) is 11.3 Å². The van der Waals surface area contributed by atoms with Crippen LogP contribution in [0.15, 0.2) is 42.5 Å². The molecule has 4 heteroatoms. The van der Waals surface area contributed by atoms with Gasteiger partial charge in [-0.2, -0.15) is 0 Å². The maximum absolute atomic E-state index is 9.12. The van der Waals surface area contributed by atoms with Crippen molar-refractivity contribution in [2.24, 2.45) is 0 Å². The summed E-state index contributed by atoms with van der Waals surface area (Å²) in [5.41, 5.74) is 2.88. The average molecular weight is 276 g/mol. The fourth-order valence-electron chi connectivity index (χ4n) is 1.81. The lowest BCUT2D eigenvalue weighted by atomic mass is 10.2. The van der Waals surface area contributed by atoms with E-state index in [9.17, 15) is 0 Å². The monoisotopic (exact) mass is 275 g/mol. The summed E-state index contributed by atoms with van der Waals surface area (Å²) in [5, 5.41) is 10.8. The molecule has 3 rings (SSSR count). The molecule has 1 heterocycles. The highest BCUT2D eigenvalue weighted by molar-refractivity contribution is 7.21. The normalized spacial score (nSPS) is 11.0. The zero-order valence-electron chi connectivity index (χ0n) is 9.43. The molecular weight excluding hydrogens is 266 g/mol. The number of hydrogen-bond acceptors (Lipinski definition) is 3. The van der Waals surface area contributed by atoms with Gasteiger partial charge >= 0.3 is 0 Å². The minimum absolute atomic E-state index is 0.0559. The quantitative estimate of drug-likeness (QED) is 0.763. The molecular formula is C14H10ClNOS. The number of halogens is 1. The maximum atomic E-state index is 9.12. The van der Waals surface area contributed by atoms with Gasteiger partial charge in [0.05, 0.1) is 16.8 Å². The molecule has 0 unspecified atom stereocenters. The Morgan fingerprint density at radius 2 is 2.06 bits per heavy atom. The Morgan fingerprint density at radius 1 is 1.17 bits per heavy atom. The van der Waals surface area contributed by atoms with Crippen LogP contribution in [0.4, 0.5) is 0 Å². The van der Waals surface area contributed by atoms with Crippen LogP contribution < -0.4 is 0 Å². The van der Waals surface area contributed by atoms with Crippen LogP contribution >= 0.6 is 22.9 Å². The van der Waals surface area contributed by atoms with Crippen LogP contribution in [-0.4, -0.2) is 10.1 Å². The average Bonchev–Trinajstić information content (AvgIpc) is 2.81. The fourth-order valence-corrected chi connectivity index (χ4v) is 3.03. The lowest BCUT2D eigenvalue weighted by Gasteiger charge is -1.95. The third kappa shape index (κ3) is 2.12. The molecule has 2 aromatic carbocycles. The zero-order chi connectivity index (χ0) is 12.5. The number of benzene rings is 2. The molecule has 2 nitrogen and oxygen atoms in total. The first-order valence-corrected chi connectivity index (χ1v) is 6.72. The standard InChI is InChI=1S/C14H10ClNOS/c15-11-3-1-2-10(7-11)14-16-12-5-4-9(8-17)6-13(12)18-14/h1-7,17H,8H2. The smallest absolute Gasteiger partial charge is 0.124 e. The highest BCUT2D eigenvalue weighted by atomic mass is 35.5. The molecule has 0 aliphatic carbocycles. The van der Waals surface area contributed by atoms with E-state index in [0.717, 1.165) is 26.4 Å². The van der Waals surface area contributed by atoms with E-state index >= 15 is 0 Å². The predicted molar refractivity (Wildman–Crippen MR) is 76.0 cm³/mol. The summed E-state index contributed by atoms with van der Waals surface area (Å²) in [6.45, 7) is 0.0559. The lowest BCUT2D eigenvalue weighted by Crippen LogP contribution is -1.80. The van der Waals surface area contributed by atoms with E-state index in [1.807, 2.05) is 42.5 Å². The molecule has 0 saturated carbocycles. The molecule has 90 valence electrons. The molecule has 1 aromatic heterocycles. The molecule has 0 fully saturated rings. The Kier molecular flexibility index (Phi) is 3.04. The van der Waals surface area contributed by atoms with Crippen molar-refractivity contribution in [3.05, 3.63) is 53.1 Å². The number of hydrogen-bond donors (Lipinski definition) is 1. The van der Waals surface area contributed by atoms with E-state index in [1.165, 1.54) is 0 Å². The van der Waals surface area contributed by atoms with E-state index in [4.69, 9.17) is 16.7 Å². The third-order valence-corrected chi connectivity index (χ3v) is 4.01. The molecule has 0 spiro atoms. The van der Waals surface area contributed by atoms with E-state index in [0.29, 0.717) is 5.02 Å². The molecule has 1 N–H and O–H groups in total. The van der Waals surface area contributed by atoms with Crippen molar-refractivity contribution in [1.82, 2.24) is 4.98 Å².